The number of Topliss-reactive ketones (excluding diaryl/α,β-unsaturated/α-hetero) is 1. The number of ether oxygens (including phenoxy) is 3. The normalized spacial score (nSPS) is 17.9. The number of benzene rings is 2. The number of hydrogen-bond acceptors (Lipinski definition) is 6. The van der Waals surface area contributed by atoms with Crippen molar-refractivity contribution in [2.24, 2.45) is 0 Å². The van der Waals surface area contributed by atoms with E-state index in [1.807, 2.05) is 0 Å². The SMILES string of the molecule is COC(=O)C1=C(C)NC2=C(C(=O)CCC2)[C@H]1c1ccc(OC)c(COc2cccc(C(F)(F)F)c2)c1. The fourth-order valence-electron chi connectivity index (χ4n) is 4.71. The van der Waals surface area contributed by atoms with Gasteiger partial charge in [-0.05, 0) is 55.7 Å². The average Bonchev–Trinajstić information content (AvgIpc) is 2.86. The lowest BCUT2D eigenvalue weighted by molar-refractivity contribution is -0.138. The first-order chi connectivity index (χ1) is 17.1. The minimum atomic E-state index is -4.49. The van der Waals surface area contributed by atoms with Crippen LogP contribution in [-0.2, 0) is 27.1 Å². The number of allylic oxidation sites excluding steroid dienone is 3. The van der Waals surface area contributed by atoms with E-state index in [0.29, 0.717) is 46.6 Å². The number of halogens is 3. The number of esters is 1. The van der Waals surface area contributed by atoms with Gasteiger partial charge in [-0.1, -0.05) is 12.1 Å². The standard InChI is InChI=1S/C27H26F3NO5/c1-15-23(26(33)35-3)24(25-20(31-15)8-5-9-21(25)32)16-10-11-22(34-2)17(12-16)14-36-19-7-4-6-18(13-19)27(28,29)30/h4,6-7,10-13,24,31H,5,8-9,14H2,1-3H3/t24-/m0/s1. The molecule has 1 heterocycles. The van der Waals surface area contributed by atoms with E-state index in [9.17, 15) is 22.8 Å². The number of carbonyl (C=O) groups is 2. The Labute approximate surface area is 206 Å². The Morgan fingerprint density at radius 3 is 2.58 bits per heavy atom. The molecule has 2 aromatic carbocycles. The molecule has 0 spiro atoms. The zero-order valence-electron chi connectivity index (χ0n) is 20.1. The summed E-state index contributed by atoms with van der Waals surface area (Å²) in [6.45, 7) is 1.68. The molecule has 1 aliphatic carbocycles. The quantitative estimate of drug-likeness (QED) is 0.532. The summed E-state index contributed by atoms with van der Waals surface area (Å²) in [5.74, 6) is -0.728. The van der Waals surface area contributed by atoms with Gasteiger partial charge in [0.2, 0.25) is 0 Å². The van der Waals surface area contributed by atoms with Crippen LogP contribution in [0.3, 0.4) is 0 Å². The number of nitrogens with one attached hydrogen (secondary N) is 1. The van der Waals surface area contributed by atoms with Gasteiger partial charge in [-0.25, -0.2) is 4.79 Å². The Bertz CT molecular complexity index is 1260. The molecule has 2 aromatic rings. The molecule has 9 heteroatoms. The molecule has 0 bridgehead atoms. The maximum atomic E-state index is 13.1. The molecule has 1 aliphatic heterocycles. The molecule has 0 fully saturated rings. The van der Waals surface area contributed by atoms with Crippen LogP contribution in [0.4, 0.5) is 13.2 Å². The van der Waals surface area contributed by atoms with Crippen LogP contribution in [0.15, 0.2) is 65.0 Å². The summed E-state index contributed by atoms with van der Waals surface area (Å²) >= 11 is 0. The number of dihydropyridines is 1. The number of carbonyl (C=O) groups excluding carboxylic acids is 2. The smallest absolute Gasteiger partial charge is 0.416 e. The van der Waals surface area contributed by atoms with Crippen molar-refractivity contribution >= 4 is 11.8 Å². The van der Waals surface area contributed by atoms with E-state index in [0.717, 1.165) is 24.3 Å². The number of methoxy groups -OCH3 is 2. The van der Waals surface area contributed by atoms with Gasteiger partial charge in [0.15, 0.2) is 5.78 Å². The highest BCUT2D eigenvalue weighted by molar-refractivity contribution is 6.03. The number of ketones is 1. The highest BCUT2D eigenvalue weighted by atomic mass is 19.4. The maximum absolute atomic E-state index is 13.1. The predicted octanol–water partition coefficient (Wildman–Crippen LogP) is 5.43. The van der Waals surface area contributed by atoms with Crippen molar-refractivity contribution in [3.05, 3.63) is 81.7 Å². The third-order valence-electron chi connectivity index (χ3n) is 6.37. The Hall–Kier alpha value is -3.75. The van der Waals surface area contributed by atoms with E-state index in [1.165, 1.54) is 26.4 Å². The fraction of sp³-hybridized carbons (Fsp3) is 0.333. The van der Waals surface area contributed by atoms with Crippen molar-refractivity contribution < 1.29 is 37.0 Å². The first-order valence-corrected chi connectivity index (χ1v) is 11.4. The minimum Gasteiger partial charge on any atom is -0.496 e. The summed E-state index contributed by atoms with van der Waals surface area (Å²) in [6, 6.07) is 9.84. The maximum Gasteiger partial charge on any atom is 0.416 e. The second-order valence-corrected chi connectivity index (χ2v) is 8.64. The summed E-state index contributed by atoms with van der Waals surface area (Å²) < 4.78 is 55.4. The Balaban J connectivity index is 1.73. The Morgan fingerprint density at radius 1 is 1.11 bits per heavy atom. The molecule has 6 nitrogen and oxygen atoms in total. The lowest BCUT2D eigenvalue weighted by Crippen LogP contribution is -2.34. The van der Waals surface area contributed by atoms with Crippen LogP contribution >= 0.6 is 0 Å². The third-order valence-corrected chi connectivity index (χ3v) is 6.37. The van der Waals surface area contributed by atoms with E-state index in [1.54, 1.807) is 25.1 Å². The first kappa shape index (κ1) is 25.3. The van der Waals surface area contributed by atoms with Crippen LogP contribution in [-0.4, -0.2) is 26.0 Å². The van der Waals surface area contributed by atoms with Crippen molar-refractivity contribution in [2.75, 3.05) is 14.2 Å². The van der Waals surface area contributed by atoms with E-state index in [-0.39, 0.29) is 18.1 Å². The third kappa shape index (κ3) is 4.96. The summed E-state index contributed by atoms with van der Waals surface area (Å²) in [4.78, 5) is 25.8. The summed E-state index contributed by atoms with van der Waals surface area (Å²) in [5, 5.41) is 3.21. The van der Waals surface area contributed by atoms with Gasteiger partial charge in [-0.3, -0.25) is 4.79 Å². The van der Waals surface area contributed by atoms with Gasteiger partial charge < -0.3 is 19.5 Å². The Kier molecular flexibility index (Phi) is 7.10. The minimum absolute atomic E-state index is 0.0414. The number of rotatable bonds is 6. The van der Waals surface area contributed by atoms with Gasteiger partial charge >= 0.3 is 12.1 Å². The highest BCUT2D eigenvalue weighted by Crippen LogP contribution is 2.43. The Morgan fingerprint density at radius 2 is 1.89 bits per heavy atom. The molecule has 36 heavy (non-hydrogen) atoms. The van der Waals surface area contributed by atoms with Crippen LogP contribution in [0, 0.1) is 0 Å². The van der Waals surface area contributed by atoms with Gasteiger partial charge in [0.25, 0.3) is 0 Å². The molecule has 1 atom stereocenters. The molecule has 0 amide bonds. The van der Waals surface area contributed by atoms with E-state index < -0.39 is 23.6 Å². The van der Waals surface area contributed by atoms with Crippen molar-refractivity contribution in [1.82, 2.24) is 5.32 Å². The molecule has 1 N–H and O–H groups in total. The number of alkyl halides is 3. The van der Waals surface area contributed by atoms with Crippen molar-refractivity contribution in [1.29, 1.82) is 0 Å². The van der Waals surface area contributed by atoms with Crippen LogP contribution in [0.25, 0.3) is 0 Å². The molecular weight excluding hydrogens is 475 g/mol. The van der Waals surface area contributed by atoms with Crippen LogP contribution in [0.2, 0.25) is 0 Å². The summed E-state index contributed by atoms with van der Waals surface area (Å²) in [6.07, 6.45) is -2.70. The molecule has 0 saturated carbocycles. The van der Waals surface area contributed by atoms with Gasteiger partial charge in [0.1, 0.15) is 18.1 Å². The van der Waals surface area contributed by atoms with Crippen LogP contribution in [0.5, 0.6) is 11.5 Å². The average molecular weight is 502 g/mol. The van der Waals surface area contributed by atoms with E-state index in [4.69, 9.17) is 14.2 Å². The van der Waals surface area contributed by atoms with Gasteiger partial charge in [0.05, 0.1) is 25.4 Å². The molecule has 0 aromatic heterocycles. The van der Waals surface area contributed by atoms with Crippen LogP contribution < -0.4 is 14.8 Å². The monoisotopic (exact) mass is 501 g/mol. The zero-order valence-corrected chi connectivity index (χ0v) is 20.1. The molecule has 190 valence electrons. The highest BCUT2D eigenvalue weighted by Gasteiger charge is 2.39. The van der Waals surface area contributed by atoms with E-state index >= 15 is 0 Å². The summed E-state index contributed by atoms with van der Waals surface area (Å²) in [5.41, 5.74) is 2.66. The number of hydrogen-bond donors (Lipinski definition) is 1. The first-order valence-electron chi connectivity index (χ1n) is 11.4. The molecule has 0 saturated heterocycles. The van der Waals surface area contributed by atoms with Crippen molar-refractivity contribution in [3.8, 4) is 11.5 Å². The largest absolute Gasteiger partial charge is 0.496 e. The molecule has 0 radical (unpaired) electrons. The lowest BCUT2D eigenvalue weighted by Gasteiger charge is -2.34. The van der Waals surface area contributed by atoms with Gasteiger partial charge in [-0.15, -0.1) is 0 Å². The van der Waals surface area contributed by atoms with Gasteiger partial charge in [-0.2, -0.15) is 13.2 Å². The van der Waals surface area contributed by atoms with Gasteiger partial charge in [0, 0.05) is 34.9 Å². The van der Waals surface area contributed by atoms with Crippen LogP contribution in [0.1, 0.15) is 48.8 Å². The van der Waals surface area contributed by atoms with Crippen molar-refractivity contribution in [3.63, 3.8) is 0 Å². The molecule has 4 rings (SSSR count). The molecule has 0 unspecified atom stereocenters. The van der Waals surface area contributed by atoms with E-state index in [2.05, 4.69) is 5.32 Å². The molecular formula is C27H26F3NO5. The predicted molar refractivity (Wildman–Crippen MR) is 125 cm³/mol. The second-order valence-electron chi connectivity index (χ2n) is 8.64. The summed E-state index contributed by atoms with van der Waals surface area (Å²) in [7, 11) is 2.76. The topological polar surface area (TPSA) is 73.9 Å². The fourth-order valence-corrected chi connectivity index (χ4v) is 4.71. The zero-order chi connectivity index (χ0) is 26.0. The lowest BCUT2D eigenvalue weighted by atomic mass is 9.75. The molecule has 2 aliphatic rings. The second kappa shape index (κ2) is 10.1. The van der Waals surface area contributed by atoms with Crippen molar-refractivity contribution in [2.45, 2.75) is 44.9 Å².